The zero-order chi connectivity index (χ0) is 14.3. The van der Waals surface area contributed by atoms with Crippen LogP contribution in [0.4, 0.5) is 0 Å². The number of hydrogen-bond donors (Lipinski definition) is 0. The largest absolute Gasteiger partial charge is 0.331 e. The second-order valence-electron chi connectivity index (χ2n) is 6.91. The Morgan fingerprint density at radius 2 is 1.24 bits per heavy atom. The summed E-state index contributed by atoms with van der Waals surface area (Å²) in [6, 6.07) is 0. The van der Waals surface area contributed by atoms with E-state index in [1.54, 1.807) is 26.2 Å². The van der Waals surface area contributed by atoms with Gasteiger partial charge in [-0.1, -0.05) is 12.2 Å². The fourth-order valence-electron chi connectivity index (χ4n) is 5.23. The van der Waals surface area contributed by atoms with Gasteiger partial charge in [-0.05, 0) is 61.2 Å². The molecule has 4 aliphatic rings. The topological polar surface area (TPSA) is 27.7 Å². The molecule has 0 aromatic carbocycles. The van der Waals surface area contributed by atoms with Crippen LogP contribution >= 0.6 is 0 Å². The van der Waals surface area contributed by atoms with E-state index in [1.165, 1.54) is 27.8 Å². The number of hydrogen-bond acceptors (Lipinski definition) is 3. The van der Waals surface area contributed by atoms with E-state index in [-0.39, 0.29) is 18.6 Å². The minimum absolute atomic E-state index is 0. The Bertz CT molecular complexity index is 348. The predicted molar refractivity (Wildman–Crippen MR) is 78.0 cm³/mol. The van der Waals surface area contributed by atoms with Crippen LogP contribution in [-0.2, 0) is 32.8 Å². The van der Waals surface area contributed by atoms with E-state index in [1.807, 2.05) is 0 Å². The van der Waals surface area contributed by atoms with Crippen molar-refractivity contribution in [3.8, 4) is 0 Å². The van der Waals surface area contributed by atoms with Gasteiger partial charge in [-0.3, -0.25) is 0 Å². The monoisotopic (exact) mass is 331 g/mol. The molecule has 4 bridgehead atoms. The second-order valence-corrected chi connectivity index (χ2v) is 6.91. The molecule has 0 aromatic heterocycles. The average molecular weight is 331 g/mol. The molecule has 1 radical (unpaired) electrons. The van der Waals surface area contributed by atoms with E-state index in [4.69, 9.17) is 14.2 Å². The molecular formula is C17H28O3V. The van der Waals surface area contributed by atoms with Crippen LogP contribution in [-0.4, -0.2) is 27.3 Å². The van der Waals surface area contributed by atoms with Crippen LogP contribution < -0.4 is 0 Å². The number of allylic oxidation sites excluding steroid dienone is 2. The van der Waals surface area contributed by atoms with E-state index in [0.717, 1.165) is 35.5 Å². The van der Waals surface area contributed by atoms with Crippen molar-refractivity contribution in [3.63, 3.8) is 0 Å². The molecule has 0 amide bonds. The van der Waals surface area contributed by atoms with E-state index in [0.29, 0.717) is 0 Å². The maximum Gasteiger partial charge on any atom is 0.279 e. The third kappa shape index (κ3) is 3.00. The van der Waals surface area contributed by atoms with Crippen molar-refractivity contribution >= 4 is 0 Å². The summed E-state index contributed by atoms with van der Waals surface area (Å²) in [6.45, 7) is 1.69. The fourth-order valence-corrected chi connectivity index (χ4v) is 5.23. The second kappa shape index (κ2) is 6.76. The Balaban J connectivity index is 0.000000162. The van der Waals surface area contributed by atoms with Crippen LogP contribution in [0.25, 0.3) is 0 Å². The van der Waals surface area contributed by atoms with E-state index in [2.05, 4.69) is 12.2 Å². The molecule has 3 saturated carbocycles. The summed E-state index contributed by atoms with van der Waals surface area (Å²) in [5, 5.41) is 0. The summed E-state index contributed by atoms with van der Waals surface area (Å²) in [4.78, 5) is 0. The molecule has 0 N–H and O–H groups in total. The number of methoxy groups -OCH3 is 3. The van der Waals surface area contributed by atoms with E-state index in [9.17, 15) is 0 Å². The van der Waals surface area contributed by atoms with Gasteiger partial charge in [-0.25, -0.2) is 0 Å². The predicted octanol–water partition coefficient (Wildman–Crippen LogP) is 3.45. The van der Waals surface area contributed by atoms with Crippen molar-refractivity contribution in [2.75, 3.05) is 21.3 Å². The maximum absolute atomic E-state index is 4.79. The Morgan fingerprint density at radius 3 is 1.57 bits per heavy atom. The Morgan fingerprint density at radius 1 is 0.810 bits per heavy atom. The van der Waals surface area contributed by atoms with Crippen LogP contribution in [0.5, 0.6) is 0 Å². The Labute approximate surface area is 140 Å². The Hall–Kier alpha value is 0.204. The van der Waals surface area contributed by atoms with E-state index >= 15 is 0 Å². The first kappa shape index (κ1) is 17.6. The van der Waals surface area contributed by atoms with Crippen LogP contribution in [0, 0.1) is 35.5 Å². The summed E-state index contributed by atoms with van der Waals surface area (Å²) in [5.74, 6) is 5.78. The summed E-state index contributed by atoms with van der Waals surface area (Å²) in [5.41, 5.74) is 0. The maximum atomic E-state index is 4.79. The van der Waals surface area contributed by atoms with Crippen molar-refractivity contribution < 1.29 is 32.8 Å². The normalized spacial score (nSPS) is 41.5. The van der Waals surface area contributed by atoms with Crippen LogP contribution in [0.1, 0.15) is 32.6 Å². The van der Waals surface area contributed by atoms with Gasteiger partial charge in [0.25, 0.3) is 5.97 Å². The molecule has 4 heteroatoms. The zero-order valence-electron chi connectivity index (χ0n) is 13.6. The molecule has 3 nitrogen and oxygen atoms in total. The third-order valence-corrected chi connectivity index (χ3v) is 6.30. The van der Waals surface area contributed by atoms with Gasteiger partial charge in [0.1, 0.15) is 0 Å². The van der Waals surface area contributed by atoms with Gasteiger partial charge in [0.2, 0.25) is 0 Å². The van der Waals surface area contributed by atoms with Gasteiger partial charge in [-0.2, -0.15) is 0 Å². The first-order chi connectivity index (χ1) is 9.61. The van der Waals surface area contributed by atoms with Crippen molar-refractivity contribution in [3.05, 3.63) is 12.2 Å². The van der Waals surface area contributed by atoms with Crippen molar-refractivity contribution in [2.24, 2.45) is 35.5 Å². The van der Waals surface area contributed by atoms with Crippen molar-refractivity contribution in [1.82, 2.24) is 0 Å². The molecule has 6 unspecified atom stereocenters. The standard InChI is InChI=1S/C12H16.C5H12O3.V/c1-2-8-5-7(1)11-9-3-4-10(6-9)12(8)11;1-5(6-2,7-3)8-4;/h1-2,7-12H,3-6H2;1-4H3;. The van der Waals surface area contributed by atoms with Gasteiger partial charge in [-0.15, -0.1) is 0 Å². The molecule has 0 aromatic rings. The summed E-state index contributed by atoms with van der Waals surface area (Å²) < 4.78 is 14.4. The molecule has 4 rings (SSSR count). The van der Waals surface area contributed by atoms with Crippen LogP contribution in [0.2, 0.25) is 0 Å². The minimum atomic E-state index is -0.875. The van der Waals surface area contributed by atoms with Crippen LogP contribution in [0.3, 0.4) is 0 Å². The molecule has 6 atom stereocenters. The number of ether oxygens (including phenoxy) is 3. The summed E-state index contributed by atoms with van der Waals surface area (Å²) in [7, 11) is 4.56. The minimum Gasteiger partial charge on any atom is -0.331 e. The summed E-state index contributed by atoms with van der Waals surface area (Å²) in [6.07, 6.45) is 11.3. The first-order valence-electron chi connectivity index (χ1n) is 7.95. The fraction of sp³-hybridized carbons (Fsp3) is 0.882. The summed E-state index contributed by atoms with van der Waals surface area (Å²) >= 11 is 0. The van der Waals surface area contributed by atoms with E-state index < -0.39 is 5.97 Å². The molecule has 0 spiro atoms. The average Bonchev–Trinajstić information content (AvgIpc) is 3.25. The number of rotatable bonds is 3. The number of fused-ring (bicyclic) bond motifs is 9. The molecule has 0 saturated heterocycles. The van der Waals surface area contributed by atoms with Gasteiger partial charge >= 0.3 is 0 Å². The first-order valence-corrected chi connectivity index (χ1v) is 7.95. The zero-order valence-corrected chi connectivity index (χ0v) is 15.0. The third-order valence-electron chi connectivity index (χ3n) is 6.30. The van der Waals surface area contributed by atoms with Crippen molar-refractivity contribution in [1.29, 1.82) is 0 Å². The molecule has 21 heavy (non-hydrogen) atoms. The SMILES string of the molecule is C1=CC2CC1C1C3CCC(C3)C21.COC(C)(OC)OC.[V]. The molecule has 0 aliphatic heterocycles. The smallest absolute Gasteiger partial charge is 0.279 e. The molecule has 3 fully saturated rings. The molecule has 0 heterocycles. The van der Waals surface area contributed by atoms with Gasteiger partial charge in [0.15, 0.2) is 0 Å². The van der Waals surface area contributed by atoms with Crippen LogP contribution in [0.15, 0.2) is 12.2 Å². The molecule has 4 aliphatic carbocycles. The quantitative estimate of drug-likeness (QED) is 0.450. The van der Waals surface area contributed by atoms with Gasteiger partial charge in [0, 0.05) is 46.8 Å². The van der Waals surface area contributed by atoms with Gasteiger partial charge < -0.3 is 14.2 Å². The van der Waals surface area contributed by atoms with Gasteiger partial charge in [0.05, 0.1) is 0 Å². The molecule has 119 valence electrons. The Kier molecular flexibility index (Phi) is 5.65. The molecular weight excluding hydrogens is 303 g/mol. The van der Waals surface area contributed by atoms with Crippen molar-refractivity contribution in [2.45, 2.75) is 38.6 Å².